The van der Waals surface area contributed by atoms with Crippen molar-refractivity contribution in [1.82, 2.24) is 4.90 Å². The van der Waals surface area contributed by atoms with Crippen molar-refractivity contribution >= 4 is 17.8 Å². The molecule has 1 unspecified atom stereocenters. The molecule has 0 saturated heterocycles. The monoisotopic (exact) mass is 263 g/mol. The number of nitrogens with zero attached hydrogens (tertiary/aromatic N) is 1. The highest BCUT2D eigenvalue weighted by Crippen LogP contribution is 2.24. The largest absolute Gasteiger partial charge is 0.480 e. The number of benzene rings is 1. The smallest absolute Gasteiger partial charge is 0.329 e. The Morgan fingerprint density at radius 2 is 1.79 bits per heavy atom. The molecular weight excluding hydrogens is 250 g/mol. The number of imide groups is 1. The molecule has 1 aromatic rings. The summed E-state index contributed by atoms with van der Waals surface area (Å²) < 4.78 is 4.92. The molecule has 19 heavy (non-hydrogen) atoms. The zero-order valence-electron chi connectivity index (χ0n) is 10.3. The van der Waals surface area contributed by atoms with Crippen molar-refractivity contribution in [2.24, 2.45) is 0 Å². The van der Waals surface area contributed by atoms with Crippen LogP contribution in [0.25, 0.3) is 0 Å². The highest BCUT2D eigenvalue weighted by molar-refractivity contribution is 6.21. The second-order valence-electron chi connectivity index (χ2n) is 4.28. The molecule has 0 saturated carbocycles. The van der Waals surface area contributed by atoms with Crippen LogP contribution in [0.2, 0.25) is 0 Å². The van der Waals surface area contributed by atoms with Crippen molar-refractivity contribution in [2.45, 2.75) is 13.0 Å². The number of ether oxygens (including phenoxy) is 1. The van der Waals surface area contributed by atoms with Crippen molar-refractivity contribution in [3.8, 4) is 0 Å². The lowest BCUT2D eigenvalue weighted by Gasteiger charge is -2.21. The SMILES string of the molecule is CC(COCC(=O)O)N1C(=O)c2ccccc2C1=O. The van der Waals surface area contributed by atoms with Crippen LogP contribution in [-0.4, -0.2) is 47.0 Å². The fourth-order valence-electron chi connectivity index (χ4n) is 2.00. The fraction of sp³-hybridized carbons (Fsp3) is 0.308. The quantitative estimate of drug-likeness (QED) is 0.793. The van der Waals surface area contributed by atoms with Gasteiger partial charge in [-0.15, -0.1) is 0 Å². The molecule has 0 radical (unpaired) electrons. The van der Waals surface area contributed by atoms with Gasteiger partial charge in [0.15, 0.2) is 0 Å². The molecule has 1 N–H and O–H groups in total. The van der Waals surface area contributed by atoms with Crippen LogP contribution in [0.3, 0.4) is 0 Å². The molecule has 100 valence electrons. The molecule has 0 aromatic heterocycles. The third kappa shape index (κ3) is 2.48. The van der Waals surface area contributed by atoms with E-state index in [0.29, 0.717) is 11.1 Å². The number of carboxylic acids is 1. The van der Waals surface area contributed by atoms with E-state index in [1.54, 1.807) is 31.2 Å². The summed E-state index contributed by atoms with van der Waals surface area (Å²) in [5.74, 6) is -1.83. The summed E-state index contributed by atoms with van der Waals surface area (Å²) in [4.78, 5) is 35.6. The van der Waals surface area contributed by atoms with Crippen LogP contribution in [0.1, 0.15) is 27.6 Å². The first-order valence-electron chi connectivity index (χ1n) is 5.79. The van der Waals surface area contributed by atoms with Crippen molar-refractivity contribution in [1.29, 1.82) is 0 Å². The van der Waals surface area contributed by atoms with E-state index in [0.717, 1.165) is 4.90 Å². The Balaban J connectivity index is 2.09. The lowest BCUT2D eigenvalue weighted by atomic mass is 10.1. The fourth-order valence-corrected chi connectivity index (χ4v) is 2.00. The molecule has 6 heteroatoms. The van der Waals surface area contributed by atoms with Gasteiger partial charge in [-0.1, -0.05) is 12.1 Å². The van der Waals surface area contributed by atoms with Crippen LogP contribution in [0.5, 0.6) is 0 Å². The van der Waals surface area contributed by atoms with E-state index in [9.17, 15) is 14.4 Å². The Labute approximate surface area is 109 Å². The van der Waals surface area contributed by atoms with E-state index in [1.807, 2.05) is 0 Å². The van der Waals surface area contributed by atoms with Crippen molar-refractivity contribution < 1.29 is 24.2 Å². The Morgan fingerprint density at radius 1 is 1.26 bits per heavy atom. The molecule has 1 aliphatic rings. The third-order valence-electron chi connectivity index (χ3n) is 2.85. The molecule has 0 aliphatic carbocycles. The maximum absolute atomic E-state index is 12.1. The van der Waals surface area contributed by atoms with Gasteiger partial charge >= 0.3 is 5.97 Å². The molecule has 1 atom stereocenters. The summed E-state index contributed by atoms with van der Waals surface area (Å²) in [7, 11) is 0. The normalized spacial score (nSPS) is 15.5. The average molecular weight is 263 g/mol. The van der Waals surface area contributed by atoms with Gasteiger partial charge in [0.05, 0.1) is 23.8 Å². The lowest BCUT2D eigenvalue weighted by Crippen LogP contribution is -2.41. The Bertz CT molecular complexity index is 505. The minimum Gasteiger partial charge on any atom is -0.480 e. The maximum Gasteiger partial charge on any atom is 0.329 e. The van der Waals surface area contributed by atoms with Crippen LogP contribution >= 0.6 is 0 Å². The summed E-state index contributed by atoms with van der Waals surface area (Å²) in [6.45, 7) is 1.19. The molecule has 1 heterocycles. The number of carboxylic acid groups (broad SMARTS) is 1. The highest BCUT2D eigenvalue weighted by atomic mass is 16.5. The predicted molar refractivity (Wildman–Crippen MR) is 64.9 cm³/mol. The first-order chi connectivity index (χ1) is 9.02. The van der Waals surface area contributed by atoms with E-state index < -0.39 is 18.6 Å². The summed E-state index contributed by atoms with van der Waals surface area (Å²) in [6.07, 6.45) is 0. The number of carbonyl (C=O) groups excluding carboxylic acids is 2. The van der Waals surface area contributed by atoms with Gasteiger partial charge in [-0.2, -0.15) is 0 Å². The Kier molecular flexibility index (Phi) is 3.62. The van der Waals surface area contributed by atoms with E-state index in [-0.39, 0.29) is 18.4 Å². The summed E-state index contributed by atoms with van der Waals surface area (Å²) in [5, 5.41) is 8.47. The first-order valence-corrected chi connectivity index (χ1v) is 5.79. The number of hydrogen-bond acceptors (Lipinski definition) is 4. The van der Waals surface area contributed by atoms with Gasteiger partial charge < -0.3 is 9.84 Å². The van der Waals surface area contributed by atoms with Crippen LogP contribution in [0.15, 0.2) is 24.3 Å². The van der Waals surface area contributed by atoms with Crippen LogP contribution in [0, 0.1) is 0 Å². The maximum atomic E-state index is 12.1. The van der Waals surface area contributed by atoms with Gasteiger partial charge in [-0.25, -0.2) is 4.79 Å². The molecule has 0 spiro atoms. The number of fused-ring (bicyclic) bond motifs is 1. The molecule has 2 rings (SSSR count). The van der Waals surface area contributed by atoms with Crippen LogP contribution < -0.4 is 0 Å². The van der Waals surface area contributed by atoms with Gasteiger partial charge in [-0.05, 0) is 19.1 Å². The van der Waals surface area contributed by atoms with Gasteiger partial charge in [0.2, 0.25) is 0 Å². The topological polar surface area (TPSA) is 83.9 Å². The summed E-state index contributed by atoms with van der Waals surface area (Å²) >= 11 is 0. The van der Waals surface area contributed by atoms with Gasteiger partial charge in [0.25, 0.3) is 11.8 Å². The highest BCUT2D eigenvalue weighted by Gasteiger charge is 2.38. The zero-order chi connectivity index (χ0) is 14.0. The number of hydrogen-bond donors (Lipinski definition) is 1. The minimum atomic E-state index is -1.09. The number of rotatable bonds is 5. The summed E-state index contributed by atoms with van der Waals surface area (Å²) in [6, 6.07) is 6.07. The molecule has 1 aromatic carbocycles. The van der Waals surface area contributed by atoms with E-state index in [1.165, 1.54) is 0 Å². The second kappa shape index (κ2) is 5.19. The number of amides is 2. The molecular formula is C13H13NO5. The standard InChI is InChI=1S/C13H13NO5/c1-8(6-19-7-11(15)16)14-12(17)9-4-2-3-5-10(9)13(14)18/h2-5,8H,6-7H2,1H3,(H,15,16). The van der Waals surface area contributed by atoms with E-state index in [2.05, 4.69) is 0 Å². The third-order valence-corrected chi connectivity index (χ3v) is 2.85. The number of carbonyl (C=O) groups is 3. The lowest BCUT2D eigenvalue weighted by molar-refractivity contribution is -0.142. The van der Waals surface area contributed by atoms with Crippen LogP contribution in [-0.2, 0) is 9.53 Å². The van der Waals surface area contributed by atoms with Crippen molar-refractivity contribution in [3.63, 3.8) is 0 Å². The van der Waals surface area contributed by atoms with Crippen molar-refractivity contribution in [3.05, 3.63) is 35.4 Å². The molecule has 0 bridgehead atoms. The Morgan fingerprint density at radius 3 is 2.26 bits per heavy atom. The van der Waals surface area contributed by atoms with Gasteiger partial charge in [-0.3, -0.25) is 14.5 Å². The Hall–Kier alpha value is -2.21. The van der Waals surface area contributed by atoms with Gasteiger partial charge in [0, 0.05) is 0 Å². The molecule has 0 fully saturated rings. The first kappa shape index (κ1) is 13.2. The molecule has 2 amide bonds. The predicted octanol–water partition coefficient (Wildman–Crippen LogP) is 0.772. The minimum absolute atomic E-state index is 0.00221. The van der Waals surface area contributed by atoms with Crippen LogP contribution in [0.4, 0.5) is 0 Å². The number of aliphatic carboxylic acids is 1. The average Bonchev–Trinajstić information content (AvgIpc) is 2.62. The zero-order valence-corrected chi connectivity index (χ0v) is 10.3. The van der Waals surface area contributed by atoms with Gasteiger partial charge in [0.1, 0.15) is 6.61 Å². The molecule has 1 aliphatic heterocycles. The summed E-state index contributed by atoms with van der Waals surface area (Å²) in [5.41, 5.74) is 0.746. The van der Waals surface area contributed by atoms with Crippen molar-refractivity contribution in [2.75, 3.05) is 13.2 Å². The molecule has 6 nitrogen and oxygen atoms in total. The van der Waals surface area contributed by atoms with E-state index in [4.69, 9.17) is 9.84 Å². The second-order valence-corrected chi connectivity index (χ2v) is 4.28. The van der Waals surface area contributed by atoms with E-state index >= 15 is 0 Å².